The van der Waals surface area contributed by atoms with Crippen molar-refractivity contribution < 1.29 is 63.7 Å². The van der Waals surface area contributed by atoms with Crippen molar-refractivity contribution in [2.24, 2.45) is 0 Å². The van der Waals surface area contributed by atoms with Crippen LogP contribution in [0, 0.1) is 12.8 Å². The molecule has 0 fully saturated rings. The molecule has 8 heteroatoms. The minimum atomic E-state index is -1.63. The number of phenolic OH excluding ortho intramolecular Hbond substituents is 2. The molecule has 2 N–H and O–H groups in total. The monoisotopic (exact) mass is 366 g/mol. The summed E-state index contributed by atoms with van der Waals surface area (Å²) >= 11 is 0. The quantitative estimate of drug-likeness (QED) is 0.370. The summed E-state index contributed by atoms with van der Waals surface area (Å²) in [5.74, 6) is -4.49. The Morgan fingerprint density at radius 2 is 1.73 bits per heavy atom. The number of carbonyl (C=O) groups excluding carboxylic acids is 4. The Morgan fingerprint density at radius 1 is 1.15 bits per heavy atom. The zero-order valence-corrected chi connectivity index (χ0v) is 17.0. The molecule has 7 nitrogen and oxygen atoms in total. The van der Waals surface area contributed by atoms with Gasteiger partial charge in [0, 0.05) is 17.1 Å². The molecule has 1 atom stereocenters. The molecule has 1 heterocycles. The second kappa shape index (κ2) is 6.26. The maximum atomic E-state index is 12.9. The Bertz CT molecular complexity index is 928. The van der Waals surface area contributed by atoms with Gasteiger partial charge in [0.1, 0.15) is 28.6 Å². The molecule has 1 unspecified atom stereocenters. The Balaban J connectivity index is 0.00000243. The summed E-state index contributed by atoms with van der Waals surface area (Å²) in [6, 6.07) is 0. The van der Waals surface area contributed by atoms with E-state index in [1.807, 2.05) is 0 Å². The van der Waals surface area contributed by atoms with E-state index < -0.39 is 46.0 Å². The molecule has 130 valence electrons. The van der Waals surface area contributed by atoms with E-state index in [1.54, 1.807) is 0 Å². The van der Waals surface area contributed by atoms with Crippen LogP contribution in [0.2, 0.25) is 0 Å². The predicted octanol–water partition coefficient (Wildman–Crippen LogP) is -1.54. The number of Topliss-reactive ketones (excluding diaryl/α,β-unsaturated/α-hetero) is 3. The van der Waals surface area contributed by atoms with Crippen LogP contribution in [-0.4, -0.2) is 33.3 Å². The molecule has 3 rings (SSSR count). The third-order valence-electron chi connectivity index (χ3n) is 4.74. The fourth-order valence-electron chi connectivity index (χ4n) is 3.34. The van der Waals surface area contributed by atoms with Gasteiger partial charge in [0.2, 0.25) is 0 Å². The minimum Gasteiger partial charge on any atom is -0.507 e. The van der Waals surface area contributed by atoms with Crippen LogP contribution in [0.25, 0.3) is 0 Å². The van der Waals surface area contributed by atoms with Crippen LogP contribution in [-0.2, 0) is 19.8 Å². The van der Waals surface area contributed by atoms with Gasteiger partial charge in [0.25, 0.3) is 0 Å². The topological polar surface area (TPSA) is 118 Å². The van der Waals surface area contributed by atoms with E-state index in [0.717, 1.165) is 13.0 Å². The molecule has 0 amide bonds. The van der Waals surface area contributed by atoms with Crippen LogP contribution >= 0.6 is 0 Å². The van der Waals surface area contributed by atoms with Crippen LogP contribution in [0.5, 0.6) is 17.2 Å². The SMILES string of the molecule is CC(=O)c1c(O)c(C)c(O)c2c1OC1=CC(=O)[C-](C(C)=O)C(=O)C12C.[Na+]. The Labute approximate surface area is 171 Å². The largest absolute Gasteiger partial charge is 1.00 e. The fraction of sp³-hybridized carbons (Fsp3) is 0.278. The van der Waals surface area contributed by atoms with E-state index in [9.17, 15) is 29.4 Å². The van der Waals surface area contributed by atoms with Crippen LogP contribution in [0.15, 0.2) is 11.8 Å². The van der Waals surface area contributed by atoms with Crippen molar-refractivity contribution in [1.29, 1.82) is 0 Å². The molecule has 26 heavy (non-hydrogen) atoms. The fourth-order valence-corrected chi connectivity index (χ4v) is 3.34. The van der Waals surface area contributed by atoms with Crippen LogP contribution in [0.4, 0.5) is 0 Å². The maximum absolute atomic E-state index is 12.9. The molecular formula is C18H15NaO7. The van der Waals surface area contributed by atoms with E-state index >= 15 is 0 Å². The van der Waals surface area contributed by atoms with Gasteiger partial charge in [-0.2, -0.15) is 0 Å². The van der Waals surface area contributed by atoms with Gasteiger partial charge in [0.15, 0.2) is 5.78 Å². The molecule has 1 aliphatic carbocycles. The number of benzene rings is 1. The molecule has 0 radical (unpaired) electrons. The molecule has 0 spiro atoms. The second-order valence-electron chi connectivity index (χ2n) is 6.32. The Morgan fingerprint density at radius 3 is 2.23 bits per heavy atom. The predicted molar refractivity (Wildman–Crippen MR) is 84.5 cm³/mol. The van der Waals surface area contributed by atoms with E-state index in [4.69, 9.17) is 4.74 Å². The molecule has 0 saturated heterocycles. The average molecular weight is 366 g/mol. The van der Waals surface area contributed by atoms with Gasteiger partial charge in [-0.15, -0.1) is 6.08 Å². The normalized spacial score (nSPS) is 20.6. The zero-order valence-electron chi connectivity index (χ0n) is 15.0. The van der Waals surface area contributed by atoms with Crippen LogP contribution < -0.4 is 34.3 Å². The second-order valence-corrected chi connectivity index (χ2v) is 6.32. The molecule has 1 aliphatic heterocycles. The number of phenols is 2. The Kier molecular flexibility index (Phi) is 4.87. The molecule has 2 aliphatic rings. The first kappa shape index (κ1) is 20.2. The molecule has 1 aromatic rings. The first-order chi connectivity index (χ1) is 11.5. The summed E-state index contributed by atoms with van der Waals surface area (Å²) in [5, 5.41) is 20.7. The van der Waals surface area contributed by atoms with Crippen LogP contribution in [0.1, 0.15) is 42.3 Å². The molecule has 0 bridgehead atoms. The van der Waals surface area contributed by atoms with Gasteiger partial charge in [-0.1, -0.05) is 0 Å². The number of rotatable bonds is 2. The van der Waals surface area contributed by atoms with Crippen molar-refractivity contribution in [3.8, 4) is 17.2 Å². The van der Waals surface area contributed by atoms with Gasteiger partial charge in [-0.05, 0) is 33.6 Å². The summed E-state index contributed by atoms with van der Waals surface area (Å²) in [6.07, 6.45) is 1.01. The van der Waals surface area contributed by atoms with E-state index in [1.165, 1.54) is 20.8 Å². The number of allylic oxidation sites excluding steroid dienone is 2. The summed E-state index contributed by atoms with van der Waals surface area (Å²) in [6.45, 7) is 5.10. The smallest absolute Gasteiger partial charge is 0.507 e. The summed E-state index contributed by atoms with van der Waals surface area (Å²) in [5.41, 5.74) is -1.84. The van der Waals surface area contributed by atoms with Crippen molar-refractivity contribution in [3.63, 3.8) is 0 Å². The van der Waals surface area contributed by atoms with Gasteiger partial charge in [-0.25, -0.2) is 0 Å². The van der Waals surface area contributed by atoms with Gasteiger partial charge in [0.05, 0.1) is 16.8 Å². The minimum absolute atomic E-state index is 0. The number of hydrogen-bond donors (Lipinski definition) is 2. The number of ketones is 4. The van der Waals surface area contributed by atoms with Crippen molar-refractivity contribution in [2.75, 3.05) is 0 Å². The van der Waals surface area contributed by atoms with Crippen molar-refractivity contribution >= 4 is 23.1 Å². The third-order valence-corrected chi connectivity index (χ3v) is 4.74. The summed E-state index contributed by atoms with van der Waals surface area (Å²) in [7, 11) is 0. The molecule has 0 saturated carbocycles. The van der Waals surface area contributed by atoms with E-state index in [0.29, 0.717) is 0 Å². The van der Waals surface area contributed by atoms with Gasteiger partial charge in [-0.3, -0.25) is 4.79 Å². The first-order valence-corrected chi connectivity index (χ1v) is 7.50. The molecular weight excluding hydrogens is 351 g/mol. The van der Waals surface area contributed by atoms with E-state index in [2.05, 4.69) is 0 Å². The van der Waals surface area contributed by atoms with E-state index in [-0.39, 0.29) is 57.8 Å². The molecule has 1 aromatic carbocycles. The summed E-state index contributed by atoms with van der Waals surface area (Å²) in [4.78, 5) is 48.7. The number of aromatic hydroxyl groups is 2. The van der Waals surface area contributed by atoms with Crippen molar-refractivity contribution in [2.45, 2.75) is 33.1 Å². The van der Waals surface area contributed by atoms with Crippen LogP contribution in [0.3, 0.4) is 0 Å². The maximum Gasteiger partial charge on any atom is 1.00 e. The van der Waals surface area contributed by atoms with Gasteiger partial charge < -0.3 is 29.3 Å². The third kappa shape index (κ3) is 2.35. The summed E-state index contributed by atoms with van der Waals surface area (Å²) < 4.78 is 5.55. The number of ether oxygens (including phenoxy) is 1. The standard InChI is InChI=1S/C18H15O7.Na/c1-6-14(22)12(8(3)20)16-13(15(6)23)18(4)10(25-16)5-9(21)11(7(2)19)17(18)24;/h5,22-23H,1-4H3;/q-1;+1. The first-order valence-electron chi connectivity index (χ1n) is 7.50. The number of carbonyl (C=O) groups is 4. The Hall–Kier alpha value is -2.09. The number of fused-ring (bicyclic) bond motifs is 3. The zero-order chi connectivity index (χ0) is 18.8. The van der Waals surface area contributed by atoms with Crippen molar-refractivity contribution in [3.05, 3.63) is 34.4 Å². The van der Waals surface area contributed by atoms with Gasteiger partial charge >= 0.3 is 29.6 Å². The number of hydrogen-bond acceptors (Lipinski definition) is 7. The average Bonchev–Trinajstić information content (AvgIpc) is 2.78. The van der Waals surface area contributed by atoms with Crippen molar-refractivity contribution in [1.82, 2.24) is 0 Å². The molecule has 0 aromatic heterocycles.